The van der Waals surface area contributed by atoms with Crippen molar-refractivity contribution < 1.29 is 13.6 Å². The van der Waals surface area contributed by atoms with E-state index >= 15 is 0 Å². The second-order valence-electron chi connectivity index (χ2n) is 5.57. The Bertz CT molecular complexity index is 930. The van der Waals surface area contributed by atoms with Gasteiger partial charge in [0.1, 0.15) is 11.6 Å². The molecule has 1 amide bonds. The Balaban J connectivity index is 1.55. The molecule has 0 unspecified atom stereocenters. The third kappa shape index (κ3) is 4.44. The highest BCUT2D eigenvalue weighted by Crippen LogP contribution is 2.09. The van der Waals surface area contributed by atoms with E-state index in [1.165, 1.54) is 22.8 Å². The van der Waals surface area contributed by atoms with Crippen molar-refractivity contribution in [1.29, 1.82) is 0 Å². The van der Waals surface area contributed by atoms with Gasteiger partial charge in [-0.25, -0.2) is 4.39 Å². The summed E-state index contributed by atoms with van der Waals surface area (Å²) in [5.74, 6) is 0.0560. The van der Waals surface area contributed by atoms with E-state index < -0.39 is 0 Å². The van der Waals surface area contributed by atoms with Crippen LogP contribution in [0.4, 0.5) is 4.39 Å². The topological polar surface area (TPSA) is 64.2 Å². The molecule has 25 heavy (non-hydrogen) atoms. The van der Waals surface area contributed by atoms with Crippen molar-refractivity contribution in [2.45, 2.75) is 13.0 Å². The quantitative estimate of drug-likeness (QED) is 0.750. The summed E-state index contributed by atoms with van der Waals surface area (Å²) in [4.78, 5) is 23.8. The number of amides is 1. The van der Waals surface area contributed by atoms with Crippen molar-refractivity contribution in [3.63, 3.8) is 0 Å². The number of hydrogen-bond acceptors (Lipinski definition) is 3. The summed E-state index contributed by atoms with van der Waals surface area (Å²) >= 11 is 0. The summed E-state index contributed by atoms with van der Waals surface area (Å²) in [5.41, 5.74) is 0.670. The van der Waals surface area contributed by atoms with E-state index in [-0.39, 0.29) is 29.6 Å². The third-order valence-corrected chi connectivity index (χ3v) is 3.70. The molecule has 3 aromatic rings. The molecule has 0 aliphatic heterocycles. The van der Waals surface area contributed by atoms with Gasteiger partial charge in [-0.2, -0.15) is 0 Å². The molecule has 5 nitrogen and oxygen atoms in total. The van der Waals surface area contributed by atoms with Crippen molar-refractivity contribution >= 4 is 5.91 Å². The Kier molecular flexibility index (Phi) is 5.09. The lowest BCUT2D eigenvalue weighted by molar-refractivity contribution is 0.0924. The van der Waals surface area contributed by atoms with Crippen LogP contribution in [0.1, 0.15) is 21.9 Å². The van der Waals surface area contributed by atoms with E-state index in [2.05, 4.69) is 5.32 Å². The number of furan rings is 1. The Morgan fingerprint density at radius 3 is 2.80 bits per heavy atom. The Morgan fingerprint density at radius 2 is 2.00 bits per heavy atom. The molecule has 0 radical (unpaired) electrons. The second-order valence-corrected chi connectivity index (χ2v) is 5.57. The molecule has 0 spiro atoms. The Morgan fingerprint density at radius 1 is 1.12 bits per heavy atom. The molecule has 0 saturated heterocycles. The second kappa shape index (κ2) is 7.61. The van der Waals surface area contributed by atoms with Gasteiger partial charge in [0.2, 0.25) is 0 Å². The molecule has 6 heteroatoms. The molecular formula is C19H17FN2O3. The van der Waals surface area contributed by atoms with E-state index in [0.29, 0.717) is 18.7 Å². The van der Waals surface area contributed by atoms with Crippen molar-refractivity contribution in [2.75, 3.05) is 6.54 Å². The molecular weight excluding hydrogens is 323 g/mol. The summed E-state index contributed by atoms with van der Waals surface area (Å²) in [7, 11) is 0. The van der Waals surface area contributed by atoms with Crippen molar-refractivity contribution in [1.82, 2.24) is 9.88 Å². The number of halogens is 1. The highest BCUT2D eigenvalue weighted by Gasteiger charge is 2.11. The minimum atomic E-state index is -0.344. The Labute approximate surface area is 143 Å². The number of aromatic nitrogens is 1. The molecule has 128 valence electrons. The lowest BCUT2D eigenvalue weighted by Crippen LogP contribution is -2.25. The number of carbonyl (C=O) groups is 1. The van der Waals surface area contributed by atoms with Crippen LogP contribution in [0.2, 0.25) is 0 Å². The first kappa shape index (κ1) is 16.7. The lowest BCUT2D eigenvalue weighted by atomic mass is 10.1. The van der Waals surface area contributed by atoms with Gasteiger partial charge < -0.3 is 14.3 Å². The number of nitrogens with zero attached hydrogens (tertiary/aromatic N) is 1. The van der Waals surface area contributed by atoms with Gasteiger partial charge in [-0.3, -0.25) is 9.59 Å². The average Bonchev–Trinajstić information content (AvgIpc) is 3.06. The first-order valence-electron chi connectivity index (χ1n) is 7.88. The van der Waals surface area contributed by atoms with Gasteiger partial charge in [-0.05, 0) is 42.3 Å². The number of nitrogens with one attached hydrogen (secondary N) is 1. The number of hydrogen-bond donors (Lipinski definition) is 1. The zero-order valence-corrected chi connectivity index (χ0v) is 13.4. The predicted octanol–water partition coefficient (Wildman–Crippen LogP) is 2.60. The maximum Gasteiger partial charge on any atom is 0.287 e. The molecule has 0 aliphatic carbocycles. The first-order chi connectivity index (χ1) is 12.1. The predicted molar refractivity (Wildman–Crippen MR) is 90.9 cm³/mol. The number of benzene rings is 1. The zero-order chi connectivity index (χ0) is 17.6. The van der Waals surface area contributed by atoms with Gasteiger partial charge >= 0.3 is 0 Å². The fourth-order valence-corrected chi connectivity index (χ4v) is 2.44. The SMILES string of the molecule is O=C(NCCc1cccc(F)c1)c1ccc(Cn2ccccc2=O)o1. The fourth-order valence-electron chi connectivity index (χ4n) is 2.44. The van der Waals surface area contributed by atoms with Gasteiger partial charge in [0.05, 0.1) is 6.54 Å². The molecule has 1 N–H and O–H groups in total. The van der Waals surface area contributed by atoms with Crippen LogP contribution in [0.5, 0.6) is 0 Å². The molecule has 0 aliphatic rings. The minimum absolute atomic E-state index is 0.139. The fraction of sp³-hybridized carbons (Fsp3) is 0.158. The van der Waals surface area contributed by atoms with Crippen LogP contribution in [0, 0.1) is 5.82 Å². The van der Waals surface area contributed by atoms with Gasteiger partial charge in [-0.1, -0.05) is 18.2 Å². The highest BCUT2D eigenvalue weighted by molar-refractivity contribution is 5.91. The standard InChI is InChI=1S/C19H17FN2O3/c20-15-5-3-4-14(12-15)9-10-21-19(24)17-8-7-16(25-17)13-22-11-2-1-6-18(22)23/h1-8,11-12H,9-10,13H2,(H,21,24). The number of pyridine rings is 1. The summed E-state index contributed by atoms with van der Waals surface area (Å²) in [5, 5.41) is 2.73. The third-order valence-electron chi connectivity index (χ3n) is 3.70. The molecule has 2 heterocycles. The summed E-state index contributed by atoms with van der Waals surface area (Å²) in [6.07, 6.45) is 2.18. The molecule has 0 fully saturated rings. The van der Waals surface area contributed by atoms with Gasteiger partial charge in [0.25, 0.3) is 11.5 Å². The van der Waals surface area contributed by atoms with E-state index in [0.717, 1.165) is 5.56 Å². The van der Waals surface area contributed by atoms with Crippen LogP contribution in [-0.4, -0.2) is 17.0 Å². The Hall–Kier alpha value is -3.15. The van der Waals surface area contributed by atoms with Crippen molar-refractivity contribution in [3.8, 4) is 0 Å². The number of carbonyl (C=O) groups excluding carboxylic acids is 1. The van der Waals surface area contributed by atoms with Crippen LogP contribution in [-0.2, 0) is 13.0 Å². The molecule has 3 rings (SSSR count). The summed E-state index contributed by atoms with van der Waals surface area (Å²) in [6, 6.07) is 14.4. The monoisotopic (exact) mass is 340 g/mol. The normalized spacial score (nSPS) is 10.6. The highest BCUT2D eigenvalue weighted by atomic mass is 19.1. The van der Waals surface area contributed by atoms with Crippen molar-refractivity contribution in [2.24, 2.45) is 0 Å². The molecule has 0 atom stereocenters. The van der Waals surface area contributed by atoms with E-state index in [9.17, 15) is 14.0 Å². The van der Waals surface area contributed by atoms with Crippen LogP contribution < -0.4 is 10.9 Å². The van der Waals surface area contributed by atoms with E-state index in [1.807, 2.05) is 0 Å². The van der Waals surface area contributed by atoms with Crippen LogP contribution in [0.3, 0.4) is 0 Å². The molecule has 0 bridgehead atoms. The number of rotatable bonds is 6. The van der Waals surface area contributed by atoms with Gasteiger partial charge in [0, 0.05) is 18.8 Å². The zero-order valence-electron chi connectivity index (χ0n) is 13.4. The minimum Gasteiger partial charge on any atom is -0.454 e. The lowest BCUT2D eigenvalue weighted by Gasteiger charge is -2.04. The maximum absolute atomic E-state index is 13.1. The first-order valence-corrected chi connectivity index (χ1v) is 7.88. The van der Waals surface area contributed by atoms with Crippen molar-refractivity contribution in [3.05, 3.63) is 94.0 Å². The average molecular weight is 340 g/mol. The molecule has 0 saturated carbocycles. The smallest absolute Gasteiger partial charge is 0.287 e. The molecule has 1 aromatic carbocycles. The van der Waals surface area contributed by atoms with Crippen LogP contribution >= 0.6 is 0 Å². The van der Waals surface area contributed by atoms with Gasteiger partial charge in [0.15, 0.2) is 5.76 Å². The molecule has 2 aromatic heterocycles. The largest absolute Gasteiger partial charge is 0.454 e. The van der Waals surface area contributed by atoms with Crippen LogP contribution in [0.25, 0.3) is 0 Å². The maximum atomic E-state index is 13.1. The van der Waals surface area contributed by atoms with E-state index in [1.54, 1.807) is 42.6 Å². The summed E-state index contributed by atoms with van der Waals surface area (Å²) in [6.45, 7) is 0.632. The van der Waals surface area contributed by atoms with Crippen LogP contribution in [0.15, 0.2) is 70.0 Å². The summed E-state index contributed by atoms with van der Waals surface area (Å²) < 4.78 is 20.1. The van der Waals surface area contributed by atoms with E-state index in [4.69, 9.17) is 4.42 Å². The van der Waals surface area contributed by atoms with Gasteiger partial charge in [-0.15, -0.1) is 0 Å².